The molecule has 0 unspecified atom stereocenters. The highest BCUT2D eigenvalue weighted by atomic mass is 28.4. The van der Waals surface area contributed by atoms with Crippen LogP contribution in [0, 0.1) is 0 Å². The quantitative estimate of drug-likeness (QED) is 0.385. The largest absolute Gasteiger partial charge is 0.520 e. The molecular formula is C10H20O2Si. The number of hydrogen-bond donors (Lipinski definition) is 0. The Morgan fingerprint density at radius 3 is 2.23 bits per heavy atom. The summed E-state index contributed by atoms with van der Waals surface area (Å²) in [5.74, 6) is 0.636. The summed E-state index contributed by atoms with van der Waals surface area (Å²) >= 11 is 0. The minimum absolute atomic E-state index is 0.630. The fraction of sp³-hybridized carbons (Fsp3) is 0.600. The Balaban J connectivity index is 4.53. The molecule has 0 spiro atoms. The molecular weight excluding hydrogens is 180 g/mol. The van der Waals surface area contributed by atoms with Crippen molar-refractivity contribution in [1.82, 2.24) is 0 Å². The van der Waals surface area contributed by atoms with Crippen molar-refractivity contribution < 1.29 is 9.16 Å². The molecule has 0 aliphatic heterocycles. The zero-order chi connectivity index (χ0) is 10.5. The summed E-state index contributed by atoms with van der Waals surface area (Å²) in [6.45, 7) is 14.6. The van der Waals surface area contributed by atoms with E-state index in [4.69, 9.17) is 9.16 Å². The van der Waals surface area contributed by atoms with Crippen LogP contribution < -0.4 is 0 Å². The van der Waals surface area contributed by atoms with Gasteiger partial charge in [-0.15, -0.1) is 0 Å². The first-order valence-corrected chi connectivity index (χ1v) is 7.96. The third-order valence-corrected chi connectivity index (χ3v) is 2.10. The predicted molar refractivity (Wildman–Crippen MR) is 59.0 cm³/mol. The Bertz CT molecular complexity index is 201. The van der Waals surface area contributed by atoms with Crippen LogP contribution in [0.1, 0.15) is 13.8 Å². The third kappa shape index (κ3) is 5.52. The van der Waals surface area contributed by atoms with Crippen LogP contribution in [0.4, 0.5) is 0 Å². The third-order valence-electron chi connectivity index (χ3n) is 1.30. The summed E-state index contributed by atoms with van der Waals surface area (Å²) in [6.07, 6.45) is 1.76. The molecule has 0 saturated carbocycles. The first-order chi connectivity index (χ1) is 5.90. The zero-order valence-corrected chi connectivity index (χ0v) is 10.3. The van der Waals surface area contributed by atoms with Gasteiger partial charge in [-0.2, -0.15) is 0 Å². The second-order valence-corrected chi connectivity index (χ2v) is 8.25. The van der Waals surface area contributed by atoms with Crippen LogP contribution in [0.5, 0.6) is 0 Å². The van der Waals surface area contributed by atoms with E-state index in [1.165, 1.54) is 0 Å². The van der Waals surface area contributed by atoms with Gasteiger partial charge in [0, 0.05) is 5.57 Å². The van der Waals surface area contributed by atoms with Gasteiger partial charge in [-0.05, 0) is 33.5 Å². The van der Waals surface area contributed by atoms with Gasteiger partial charge in [0.1, 0.15) is 0 Å². The molecule has 0 aromatic rings. The Kier molecular flexibility index (Phi) is 4.84. The van der Waals surface area contributed by atoms with Gasteiger partial charge in [-0.25, -0.2) is 0 Å². The Morgan fingerprint density at radius 1 is 1.38 bits per heavy atom. The summed E-state index contributed by atoms with van der Waals surface area (Å²) in [5.41, 5.74) is 0.962. The average molecular weight is 200 g/mol. The standard InChI is InChI=1S/C10H20O2Si/c1-7-9(3)10(11-8-2)12-13(4,5)6/h7H,1,8H2,2-6H3/b10-9-. The van der Waals surface area contributed by atoms with Crippen molar-refractivity contribution in [2.45, 2.75) is 33.5 Å². The van der Waals surface area contributed by atoms with E-state index in [-0.39, 0.29) is 0 Å². The van der Waals surface area contributed by atoms with Crippen molar-refractivity contribution in [3.05, 3.63) is 24.2 Å². The van der Waals surface area contributed by atoms with Crippen molar-refractivity contribution in [2.75, 3.05) is 6.61 Å². The fourth-order valence-corrected chi connectivity index (χ4v) is 1.49. The molecule has 0 rings (SSSR count). The first kappa shape index (κ1) is 12.3. The van der Waals surface area contributed by atoms with Crippen LogP contribution >= 0.6 is 0 Å². The van der Waals surface area contributed by atoms with Gasteiger partial charge in [0.05, 0.1) is 6.61 Å². The van der Waals surface area contributed by atoms with Crippen LogP contribution in [0.15, 0.2) is 24.2 Å². The minimum Gasteiger partial charge on any atom is -0.520 e. The molecule has 0 aromatic heterocycles. The SMILES string of the molecule is C=C/C(C)=C(/OCC)O[Si](C)(C)C. The summed E-state index contributed by atoms with van der Waals surface area (Å²) in [6, 6.07) is 0. The van der Waals surface area contributed by atoms with Crippen molar-refractivity contribution in [3.8, 4) is 0 Å². The molecule has 0 N–H and O–H groups in total. The molecule has 0 radical (unpaired) electrons. The number of ether oxygens (including phenoxy) is 1. The molecule has 76 valence electrons. The highest BCUT2D eigenvalue weighted by Crippen LogP contribution is 2.15. The van der Waals surface area contributed by atoms with Crippen LogP contribution in [0.3, 0.4) is 0 Å². The molecule has 0 amide bonds. The summed E-state index contributed by atoms with van der Waals surface area (Å²) in [7, 11) is -1.57. The molecule has 2 nitrogen and oxygen atoms in total. The maximum absolute atomic E-state index is 5.76. The van der Waals surface area contributed by atoms with Gasteiger partial charge < -0.3 is 9.16 Å². The normalized spacial score (nSPS) is 13.3. The van der Waals surface area contributed by atoms with Gasteiger partial charge in [-0.3, -0.25) is 0 Å². The van der Waals surface area contributed by atoms with Crippen molar-refractivity contribution in [2.24, 2.45) is 0 Å². The number of rotatable bonds is 5. The fourth-order valence-electron chi connectivity index (χ4n) is 0.716. The molecule has 0 aliphatic rings. The van der Waals surface area contributed by atoms with E-state index in [1.54, 1.807) is 6.08 Å². The van der Waals surface area contributed by atoms with E-state index < -0.39 is 8.32 Å². The van der Waals surface area contributed by atoms with Crippen LogP contribution in [0.25, 0.3) is 0 Å². The van der Waals surface area contributed by atoms with Crippen LogP contribution in [-0.2, 0) is 9.16 Å². The second kappa shape index (κ2) is 5.12. The molecule has 0 atom stereocenters. The molecule has 3 heteroatoms. The lowest BCUT2D eigenvalue weighted by molar-refractivity contribution is 0.109. The number of hydrogen-bond acceptors (Lipinski definition) is 2. The van der Waals surface area contributed by atoms with Crippen molar-refractivity contribution in [3.63, 3.8) is 0 Å². The maximum atomic E-state index is 5.76. The van der Waals surface area contributed by atoms with Gasteiger partial charge in [0.15, 0.2) is 0 Å². The minimum atomic E-state index is -1.57. The van der Waals surface area contributed by atoms with Gasteiger partial charge in [-0.1, -0.05) is 12.7 Å². The molecule has 0 aliphatic carbocycles. The van der Waals surface area contributed by atoms with Crippen molar-refractivity contribution in [1.29, 1.82) is 0 Å². The van der Waals surface area contributed by atoms with Crippen LogP contribution in [0.2, 0.25) is 19.6 Å². The number of allylic oxidation sites excluding steroid dienone is 2. The van der Waals surface area contributed by atoms with Crippen molar-refractivity contribution >= 4 is 8.32 Å². The summed E-state index contributed by atoms with van der Waals surface area (Å²) in [4.78, 5) is 0. The predicted octanol–water partition coefficient (Wildman–Crippen LogP) is 3.29. The lowest BCUT2D eigenvalue weighted by atomic mass is 10.3. The van der Waals surface area contributed by atoms with Gasteiger partial charge in [0.2, 0.25) is 8.32 Å². The molecule has 13 heavy (non-hydrogen) atoms. The smallest absolute Gasteiger partial charge is 0.268 e. The molecule has 0 fully saturated rings. The summed E-state index contributed by atoms with van der Waals surface area (Å²) in [5, 5.41) is 0. The van der Waals surface area contributed by atoms with E-state index in [1.807, 2.05) is 13.8 Å². The highest BCUT2D eigenvalue weighted by Gasteiger charge is 2.19. The van der Waals surface area contributed by atoms with Gasteiger partial charge in [0.25, 0.3) is 5.95 Å². The van der Waals surface area contributed by atoms with Crippen LogP contribution in [-0.4, -0.2) is 14.9 Å². The van der Waals surface area contributed by atoms with E-state index in [0.717, 1.165) is 5.57 Å². The monoisotopic (exact) mass is 200 g/mol. The topological polar surface area (TPSA) is 18.5 Å². The lowest BCUT2D eigenvalue weighted by Gasteiger charge is -2.22. The van der Waals surface area contributed by atoms with E-state index in [9.17, 15) is 0 Å². The zero-order valence-electron chi connectivity index (χ0n) is 9.31. The second-order valence-electron chi connectivity index (χ2n) is 3.82. The van der Waals surface area contributed by atoms with E-state index in [2.05, 4.69) is 26.2 Å². The molecule has 0 heterocycles. The summed E-state index contributed by atoms with van der Waals surface area (Å²) < 4.78 is 11.1. The maximum Gasteiger partial charge on any atom is 0.268 e. The highest BCUT2D eigenvalue weighted by molar-refractivity contribution is 6.70. The lowest BCUT2D eigenvalue weighted by Crippen LogP contribution is -2.26. The average Bonchev–Trinajstić information content (AvgIpc) is 2.00. The molecule has 0 bridgehead atoms. The Morgan fingerprint density at radius 2 is 1.92 bits per heavy atom. The van der Waals surface area contributed by atoms with Gasteiger partial charge >= 0.3 is 0 Å². The molecule has 0 aromatic carbocycles. The Hall–Kier alpha value is -0.703. The van der Waals surface area contributed by atoms with E-state index in [0.29, 0.717) is 12.6 Å². The first-order valence-electron chi connectivity index (χ1n) is 4.56. The van der Waals surface area contributed by atoms with E-state index >= 15 is 0 Å². The Labute approximate surface area is 82.4 Å². The molecule has 0 saturated heterocycles.